The molecule has 0 aliphatic rings. The summed E-state index contributed by atoms with van der Waals surface area (Å²) in [7, 11) is 0. The van der Waals surface area contributed by atoms with E-state index in [1.54, 1.807) is 23.8 Å². The van der Waals surface area contributed by atoms with Crippen molar-refractivity contribution in [2.75, 3.05) is 5.32 Å². The second-order valence-electron chi connectivity index (χ2n) is 4.90. The van der Waals surface area contributed by atoms with E-state index in [1.165, 1.54) is 0 Å². The summed E-state index contributed by atoms with van der Waals surface area (Å²) in [5.74, 6) is -0.337. The van der Waals surface area contributed by atoms with Gasteiger partial charge < -0.3 is 10.4 Å². The molecule has 0 amide bonds. The molecule has 0 saturated heterocycles. The summed E-state index contributed by atoms with van der Waals surface area (Å²) >= 11 is 0. The predicted octanol–water partition coefficient (Wildman–Crippen LogP) is 2.09. The fourth-order valence-corrected chi connectivity index (χ4v) is 2.12. The Morgan fingerprint density at radius 3 is 2.95 bits per heavy atom. The lowest BCUT2D eigenvalue weighted by Gasteiger charge is -2.26. The Hall–Kier alpha value is -2.11. The SMILES string of the molecule is CCCC(C)(Nc1nccn2nc(C)cc12)C(=O)O. The van der Waals surface area contributed by atoms with E-state index in [4.69, 9.17) is 0 Å². The average Bonchev–Trinajstić information content (AvgIpc) is 2.70. The van der Waals surface area contributed by atoms with Crippen molar-refractivity contribution in [1.82, 2.24) is 14.6 Å². The van der Waals surface area contributed by atoms with Crippen LogP contribution in [0.3, 0.4) is 0 Å². The minimum atomic E-state index is -1.03. The summed E-state index contributed by atoms with van der Waals surface area (Å²) in [6.45, 7) is 5.52. The molecule has 19 heavy (non-hydrogen) atoms. The second kappa shape index (κ2) is 4.87. The summed E-state index contributed by atoms with van der Waals surface area (Å²) < 4.78 is 1.69. The van der Waals surface area contributed by atoms with Gasteiger partial charge in [0.1, 0.15) is 11.1 Å². The summed E-state index contributed by atoms with van der Waals surface area (Å²) in [6.07, 6.45) is 4.65. The molecule has 2 rings (SSSR count). The van der Waals surface area contributed by atoms with Gasteiger partial charge in [0.25, 0.3) is 0 Å². The highest BCUT2D eigenvalue weighted by Gasteiger charge is 2.32. The van der Waals surface area contributed by atoms with Gasteiger partial charge in [-0.25, -0.2) is 14.3 Å². The van der Waals surface area contributed by atoms with Crippen LogP contribution in [-0.2, 0) is 4.79 Å². The zero-order valence-electron chi connectivity index (χ0n) is 11.3. The zero-order valence-corrected chi connectivity index (χ0v) is 11.3. The van der Waals surface area contributed by atoms with Gasteiger partial charge >= 0.3 is 5.97 Å². The molecule has 0 bridgehead atoms. The van der Waals surface area contributed by atoms with Gasteiger partial charge in [0.05, 0.1) is 5.69 Å². The van der Waals surface area contributed by atoms with Crippen LogP contribution < -0.4 is 5.32 Å². The Bertz CT molecular complexity index is 608. The molecule has 102 valence electrons. The highest BCUT2D eigenvalue weighted by Crippen LogP contribution is 2.23. The number of anilines is 1. The molecule has 2 N–H and O–H groups in total. The van der Waals surface area contributed by atoms with Crippen LogP contribution in [0.4, 0.5) is 5.82 Å². The van der Waals surface area contributed by atoms with Crippen molar-refractivity contribution in [2.24, 2.45) is 0 Å². The lowest BCUT2D eigenvalue weighted by molar-refractivity contribution is -0.142. The molecule has 0 radical (unpaired) electrons. The molecule has 0 spiro atoms. The topological polar surface area (TPSA) is 79.5 Å². The molecule has 0 aliphatic carbocycles. The maximum atomic E-state index is 11.4. The van der Waals surface area contributed by atoms with Crippen LogP contribution >= 0.6 is 0 Å². The number of aryl methyl sites for hydroxylation is 1. The number of aromatic nitrogens is 3. The van der Waals surface area contributed by atoms with Gasteiger partial charge in [0, 0.05) is 12.4 Å². The molecule has 6 heteroatoms. The predicted molar refractivity (Wildman–Crippen MR) is 72.3 cm³/mol. The minimum Gasteiger partial charge on any atom is -0.480 e. The van der Waals surface area contributed by atoms with E-state index < -0.39 is 11.5 Å². The maximum absolute atomic E-state index is 11.4. The Kier molecular flexibility index (Phi) is 3.42. The second-order valence-corrected chi connectivity index (χ2v) is 4.90. The van der Waals surface area contributed by atoms with Crippen molar-refractivity contribution < 1.29 is 9.90 Å². The Balaban J connectivity index is 2.41. The number of nitrogens with one attached hydrogen (secondary N) is 1. The lowest BCUT2D eigenvalue weighted by atomic mass is 9.96. The zero-order chi connectivity index (χ0) is 14.0. The fourth-order valence-electron chi connectivity index (χ4n) is 2.12. The summed E-state index contributed by atoms with van der Waals surface area (Å²) in [5, 5.41) is 16.7. The van der Waals surface area contributed by atoms with Crippen LogP contribution in [0.15, 0.2) is 18.5 Å². The number of hydrogen-bond donors (Lipinski definition) is 2. The highest BCUT2D eigenvalue weighted by atomic mass is 16.4. The van der Waals surface area contributed by atoms with Crippen LogP contribution in [0.1, 0.15) is 32.4 Å². The number of carbonyl (C=O) groups is 1. The normalized spacial score (nSPS) is 14.3. The van der Waals surface area contributed by atoms with Crippen molar-refractivity contribution >= 4 is 17.3 Å². The fraction of sp³-hybridized carbons (Fsp3) is 0.462. The van der Waals surface area contributed by atoms with E-state index in [9.17, 15) is 9.90 Å². The molecule has 0 saturated carbocycles. The monoisotopic (exact) mass is 262 g/mol. The van der Waals surface area contributed by atoms with E-state index in [0.717, 1.165) is 17.6 Å². The van der Waals surface area contributed by atoms with Gasteiger partial charge in [-0.05, 0) is 26.3 Å². The first kappa shape index (κ1) is 13.3. The first-order chi connectivity index (χ1) is 8.96. The number of nitrogens with zero attached hydrogens (tertiary/aromatic N) is 3. The van der Waals surface area contributed by atoms with Crippen molar-refractivity contribution in [3.05, 3.63) is 24.2 Å². The number of aliphatic carboxylic acids is 1. The van der Waals surface area contributed by atoms with E-state index in [-0.39, 0.29) is 0 Å². The van der Waals surface area contributed by atoms with Gasteiger partial charge in [-0.1, -0.05) is 13.3 Å². The molecular formula is C13H18N4O2. The molecule has 1 unspecified atom stereocenters. The molecule has 0 fully saturated rings. The number of hydrogen-bond acceptors (Lipinski definition) is 4. The van der Waals surface area contributed by atoms with Crippen molar-refractivity contribution in [1.29, 1.82) is 0 Å². The van der Waals surface area contributed by atoms with E-state index in [0.29, 0.717) is 12.2 Å². The molecule has 0 aromatic carbocycles. The van der Waals surface area contributed by atoms with Crippen LogP contribution in [0, 0.1) is 6.92 Å². The third-order valence-corrected chi connectivity index (χ3v) is 3.13. The third-order valence-electron chi connectivity index (χ3n) is 3.13. The average molecular weight is 262 g/mol. The summed E-state index contributed by atoms with van der Waals surface area (Å²) in [5.41, 5.74) is 0.619. The van der Waals surface area contributed by atoms with Crippen molar-refractivity contribution in [2.45, 2.75) is 39.2 Å². The first-order valence-corrected chi connectivity index (χ1v) is 6.29. The van der Waals surface area contributed by atoms with Crippen LogP contribution in [0.5, 0.6) is 0 Å². The molecule has 1 atom stereocenters. The first-order valence-electron chi connectivity index (χ1n) is 6.29. The van der Waals surface area contributed by atoms with Crippen LogP contribution in [0.25, 0.3) is 5.52 Å². The van der Waals surface area contributed by atoms with Gasteiger partial charge in [-0.2, -0.15) is 5.10 Å². The summed E-state index contributed by atoms with van der Waals surface area (Å²) in [6, 6.07) is 1.88. The van der Waals surface area contributed by atoms with Gasteiger partial charge in [0.2, 0.25) is 0 Å². The Morgan fingerprint density at radius 1 is 1.58 bits per heavy atom. The largest absolute Gasteiger partial charge is 0.480 e. The van der Waals surface area contributed by atoms with Gasteiger partial charge in [0.15, 0.2) is 5.82 Å². The number of carboxylic acids is 1. The standard InChI is InChI=1S/C13H18N4O2/c1-4-5-13(3,12(18)19)15-11-10-8-9(2)16-17(10)7-6-14-11/h6-8H,4-5H2,1-3H3,(H,14,15)(H,18,19). The smallest absolute Gasteiger partial charge is 0.329 e. The minimum absolute atomic E-state index is 0.526. The maximum Gasteiger partial charge on any atom is 0.329 e. The van der Waals surface area contributed by atoms with Crippen molar-refractivity contribution in [3.63, 3.8) is 0 Å². The van der Waals surface area contributed by atoms with Crippen molar-refractivity contribution in [3.8, 4) is 0 Å². The van der Waals surface area contributed by atoms with E-state index >= 15 is 0 Å². The number of fused-ring (bicyclic) bond motifs is 1. The van der Waals surface area contributed by atoms with Crippen LogP contribution in [0.2, 0.25) is 0 Å². The van der Waals surface area contributed by atoms with Crippen LogP contribution in [-0.4, -0.2) is 31.2 Å². The number of rotatable bonds is 5. The molecule has 2 heterocycles. The molecule has 2 aromatic rings. The lowest BCUT2D eigenvalue weighted by Crippen LogP contribution is -2.43. The van der Waals surface area contributed by atoms with E-state index in [1.807, 2.05) is 19.9 Å². The third kappa shape index (κ3) is 2.52. The molecule has 0 aliphatic heterocycles. The van der Waals surface area contributed by atoms with Gasteiger partial charge in [-0.3, -0.25) is 0 Å². The Labute approximate surface area is 111 Å². The quantitative estimate of drug-likeness (QED) is 0.862. The number of carboxylic acid groups (broad SMARTS) is 1. The van der Waals surface area contributed by atoms with Gasteiger partial charge in [-0.15, -0.1) is 0 Å². The van der Waals surface area contributed by atoms with E-state index in [2.05, 4.69) is 15.4 Å². The molecule has 6 nitrogen and oxygen atoms in total. The highest BCUT2D eigenvalue weighted by molar-refractivity contribution is 5.84. The Morgan fingerprint density at radius 2 is 2.32 bits per heavy atom. The molecule has 2 aromatic heterocycles. The summed E-state index contributed by atoms with van der Waals surface area (Å²) in [4.78, 5) is 15.7. The molecular weight excluding hydrogens is 244 g/mol.